The number of aliphatic hydroxyl groups is 1. The van der Waals surface area contributed by atoms with Gasteiger partial charge in [-0.3, -0.25) is 9.59 Å². The molecule has 0 heterocycles. The topological polar surface area (TPSA) is 66.4 Å². The summed E-state index contributed by atoms with van der Waals surface area (Å²) in [5, 5.41) is 12.2. The van der Waals surface area contributed by atoms with Crippen LogP contribution in [0.15, 0.2) is 0 Å². The zero-order chi connectivity index (χ0) is 15.0. The van der Waals surface area contributed by atoms with E-state index in [0.717, 1.165) is 6.42 Å². The fraction of sp³-hybridized carbons (Fsp3) is 0.833. The largest absolute Gasteiger partial charge is 0.370 e. The molecule has 0 radical (unpaired) electrons. The Balaban J connectivity index is 2.50. The molecule has 1 fully saturated rings. The average Bonchev–Trinajstić information content (AvgIpc) is 2.21. The lowest BCUT2D eigenvalue weighted by atomic mass is 9.52. The standard InChI is InChI=1S/C12H18Br3NO3/c1-6(17)8-4-7(11(8,2)3)5-9(18)16-10(19)12(13,14)15/h7-8,10,19H,4-5H2,1-3H3,(H,16,18)/t7-,8-,10-/m0/s1. The predicted molar refractivity (Wildman–Crippen MR) is 84.3 cm³/mol. The van der Waals surface area contributed by atoms with E-state index in [-0.39, 0.29) is 28.9 Å². The number of rotatable bonds is 4. The third-order valence-electron chi connectivity index (χ3n) is 4.00. The molecule has 1 rings (SSSR count). The van der Waals surface area contributed by atoms with Crippen molar-refractivity contribution < 1.29 is 14.7 Å². The highest BCUT2D eigenvalue weighted by molar-refractivity contribution is 9.39. The average molecular weight is 464 g/mol. The molecule has 1 saturated carbocycles. The van der Waals surface area contributed by atoms with E-state index in [1.807, 2.05) is 13.8 Å². The minimum atomic E-state index is -1.09. The predicted octanol–water partition coefficient (Wildman–Crippen LogP) is 2.90. The van der Waals surface area contributed by atoms with Crippen LogP contribution in [0.5, 0.6) is 0 Å². The van der Waals surface area contributed by atoms with Gasteiger partial charge in [-0.15, -0.1) is 0 Å². The van der Waals surface area contributed by atoms with Crippen LogP contribution in [0.3, 0.4) is 0 Å². The second-order valence-electron chi connectivity index (χ2n) is 5.63. The van der Waals surface area contributed by atoms with E-state index < -0.39 is 8.37 Å². The number of carbonyl (C=O) groups is 2. The van der Waals surface area contributed by atoms with E-state index in [9.17, 15) is 14.7 Å². The smallest absolute Gasteiger partial charge is 0.222 e. The maximum absolute atomic E-state index is 11.8. The quantitative estimate of drug-likeness (QED) is 0.497. The molecule has 19 heavy (non-hydrogen) atoms. The molecule has 7 heteroatoms. The first-order chi connectivity index (χ1) is 8.46. The monoisotopic (exact) mass is 461 g/mol. The minimum Gasteiger partial charge on any atom is -0.370 e. The van der Waals surface area contributed by atoms with E-state index in [1.54, 1.807) is 6.92 Å². The number of alkyl halides is 3. The van der Waals surface area contributed by atoms with Gasteiger partial charge in [-0.1, -0.05) is 61.6 Å². The molecule has 0 aromatic carbocycles. The van der Waals surface area contributed by atoms with Gasteiger partial charge in [0.1, 0.15) is 5.78 Å². The molecule has 0 aromatic heterocycles. The minimum absolute atomic E-state index is 0.0397. The van der Waals surface area contributed by atoms with E-state index in [4.69, 9.17) is 0 Å². The molecule has 3 atom stereocenters. The van der Waals surface area contributed by atoms with E-state index in [1.165, 1.54) is 0 Å². The van der Waals surface area contributed by atoms with Crippen molar-refractivity contribution in [2.45, 2.75) is 42.0 Å². The number of halogens is 3. The SMILES string of the molecule is CC(=O)[C@@H]1C[C@@H](CC(=O)N[C@@H](O)C(Br)(Br)Br)C1(C)C. The van der Waals surface area contributed by atoms with Crippen molar-refractivity contribution in [3.05, 3.63) is 0 Å². The van der Waals surface area contributed by atoms with Crippen LogP contribution in [0.1, 0.15) is 33.6 Å². The Morgan fingerprint density at radius 1 is 1.42 bits per heavy atom. The number of Topliss-reactive ketones (excluding diaryl/α,β-unsaturated/α-hetero) is 1. The van der Waals surface area contributed by atoms with Crippen LogP contribution in [0, 0.1) is 17.3 Å². The highest BCUT2D eigenvalue weighted by Crippen LogP contribution is 2.53. The van der Waals surface area contributed by atoms with Crippen molar-refractivity contribution in [2.24, 2.45) is 17.3 Å². The summed E-state index contributed by atoms with van der Waals surface area (Å²) >= 11 is 9.43. The number of nitrogens with one attached hydrogen (secondary N) is 1. The van der Waals surface area contributed by atoms with Crippen LogP contribution in [0.4, 0.5) is 0 Å². The van der Waals surface area contributed by atoms with Gasteiger partial charge in [0.05, 0.1) is 0 Å². The normalized spacial score (nSPS) is 27.3. The number of amides is 1. The van der Waals surface area contributed by atoms with Gasteiger partial charge in [0.2, 0.25) is 5.91 Å². The van der Waals surface area contributed by atoms with E-state index >= 15 is 0 Å². The summed E-state index contributed by atoms with van der Waals surface area (Å²) in [6.07, 6.45) is -0.0306. The third kappa shape index (κ3) is 4.25. The molecule has 0 spiro atoms. The number of hydrogen-bond acceptors (Lipinski definition) is 3. The van der Waals surface area contributed by atoms with Crippen LogP contribution in [0.25, 0.3) is 0 Å². The van der Waals surface area contributed by atoms with Crippen LogP contribution in [-0.4, -0.2) is 25.2 Å². The molecule has 2 N–H and O–H groups in total. The summed E-state index contributed by atoms with van der Waals surface area (Å²) in [5.41, 5.74) is -0.150. The molecular weight excluding hydrogens is 446 g/mol. The zero-order valence-electron chi connectivity index (χ0n) is 11.0. The van der Waals surface area contributed by atoms with E-state index in [2.05, 4.69) is 53.1 Å². The van der Waals surface area contributed by atoms with Crippen molar-refractivity contribution in [1.82, 2.24) is 5.32 Å². The maximum Gasteiger partial charge on any atom is 0.222 e. The first-order valence-electron chi connectivity index (χ1n) is 6.01. The summed E-state index contributed by atoms with van der Waals surface area (Å²) in [4.78, 5) is 23.3. The molecule has 1 aliphatic carbocycles. The van der Waals surface area contributed by atoms with Crippen LogP contribution < -0.4 is 5.32 Å². The van der Waals surface area contributed by atoms with Gasteiger partial charge in [0.25, 0.3) is 0 Å². The third-order valence-corrected chi connectivity index (χ3v) is 5.30. The maximum atomic E-state index is 11.8. The first-order valence-corrected chi connectivity index (χ1v) is 8.38. The van der Waals surface area contributed by atoms with Gasteiger partial charge in [-0.25, -0.2) is 0 Å². The van der Waals surface area contributed by atoms with Gasteiger partial charge in [0.15, 0.2) is 8.37 Å². The number of ketones is 1. The van der Waals surface area contributed by atoms with Gasteiger partial charge in [0, 0.05) is 12.3 Å². The van der Waals surface area contributed by atoms with Gasteiger partial charge < -0.3 is 10.4 Å². The second-order valence-corrected chi connectivity index (χ2v) is 12.6. The van der Waals surface area contributed by atoms with Crippen molar-refractivity contribution in [1.29, 1.82) is 0 Å². The summed E-state index contributed by atoms with van der Waals surface area (Å²) in [6.45, 7) is 5.63. The number of hydrogen-bond donors (Lipinski definition) is 2. The molecule has 1 amide bonds. The highest BCUT2D eigenvalue weighted by Gasteiger charge is 2.50. The Bertz CT molecular complexity index is 379. The van der Waals surface area contributed by atoms with Crippen molar-refractivity contribution in [2.75, 3.05) is 0 Å². The number of aliphatic hydroxyl groups excluding tert-OH is 1. The van der Waals surface area contributed by atoms with Crippen LogP contribution in [0.2, 0.25) is 0 Å². The van der Waals surface area contributed by atoms with Crippen molar-refractivity contribution in [3.63, 3.8) is 0 Å². The van der Waals surface area contributed by atoms with Crippen LogP contribution in [-0.2, 0) is 9.59 Å². The molecule has 0 aliphatic heterocycles. The van der Waals surface area contributed by atoms with Gasteiger partial charge in [-0.05, 0) is 24.7 Å². The van der Waals surface area contributed by atoms with E-state index in [0.29, 0.717) is 6.42 Å². The molecule has 0 bridgehead atoms. The van der Waals surface area contributed by atoms with Crippen LogP contribution >= 0.6 is 47.8 Å². The summed E-state index contributed by atoms with van der Waals surface area (Å²) in [6, 6.07) is 0. The molecule has 4 nitrogen and oxygen atoms in total. The fourth-order valence-corrected chi connectivity index (χ4v) is 2.91. The fourth-order valence-electron chi connectivity index (χ4n) is 2.57. The summed E-state index contributed by atoms with van der Waals surface area (Å²) < 4.78 is -0.931. The summed E-state index contributed by atoms with van der Waals surface area (Å²) in [7, 11) is 0. The lowest BCUT2D eigenvalue weighted by molar-refractivity contribution is -0.141. The van der Waals surface area contributed by atoms with Crippen molar-refractivity contribution in [3.8, 4) is 0 Å². The van der Waals surface area contributed by atoms with Gasteiger partial charge in [-0.2, -0.15) is 0 Å². The van der Waals surface area contributed by atoms with Crippen molar-refractivity contribution >= 4 is 59.5 Å². The lowest BCUT2D eigenvalue weighted by Gasteiger charge is -2.51. The molecule has 1 aliphatic rings. The molecule has 0 aromatic rings. The molecule has 0 saturated heterocycles. The Kier molecular flexibility index (Phi) is 5.66. The molecular formula is C12H18Br3NO3. The molecule has 110 valence electrons. The zero-order valence-corrected chi connectivity index (χ0v) is 15.8. The first kappa shape index (κ1) is 17.6. The molecule has 0 unspecified atom stereocenters. The Morgan fingerprint density at radius 2 is 1.95 bits per heavy atom. The number of carbonyl (C=O) groups excluding carboxylic acids is 2. The Hall–Kier alpha value is 0.540. The Morgan fingerprint density at radius 3 is 2.32 bits per heavy atom. The van der Waals surface area contributed by atoms with Gasteiger partial charge >= 0.3 is 0 Å². The highest BCUT2D eigenvalue weighted by atomic mass is 80.0. The lowest BCUT2D eigenvalue weighted by Crippen LogP contribution is -2.51. The second kappa shape index (κ2) is 6.12. The Labute approximate surface area is 138 Å². The summed E-state index contributed by atoms with van der Waals surface area (Å²) in [5.74, 6) is 0.166.